The summed E-state index contributed by atoms with van der Waals surface area (Å²) in [5, 5.41) is 0. The summed E-state index contributed by atoms with van der Waals surface area (Å²) in [5.74, 6) is 0.957. The first-order valence-corrected chi connectivity index (χ1v) is 6.13. The molecule has 0 aromatic heterocycles. The summed E-state index contributed by atoms with van der Waals surface area (Å²) in [6.45, 7) is 2.07. The highest BCUT2D eigenvalue weighted by Crippen LogP contribution is 2.50. The van der Waals surface area contributed by atoms with Gasteiger partial charge in [0.05, 0.1) is 0 Å². The van der Waals surface area contributed by atoms with Crippen LogP contribution < -0.4 is 4.74 Å². The Hall–Kier alpha value is -1.60. The van der Waals surface area contributed by atoms with Crippen molar-refractivity contribution < 1.29 is 9.53 Å². The van der Waals surface area contributed by atoms with Crippen LogP contribution in [-0.2, 0) is 16.8 Å². The summed E-state index contributed by atoms with van der Waals surface area (Å²) in [4.78, 5) is 14.7. The van der Waals surface area contributed by atoms with E-state index in [1.165, 1.54) is 5.56 Å². The van der Waals surface area contributed by atoms with Gasteiger partial charge in [-0.1, -0.05) is 18.2 Å². The Morgan fingerprint density at radius 2 is 2.29 bits per heavy atom. The molecule has 1 heterocycles. The molecule has 1 fully saturated rings. The number of ether oxygens (including phenoxy) is 1. The van der Waals surface area contributed by atoms with Crippen LogP contribution in [-0.4, -0.2) is 12.2 Å². The van der Waals surface area contributed by atoms with Crippen LogP contribution in [0.15, 0.2) is 23.2 Å². The minimum Gasteiger partial charge on any atom is -0.490 e. The van der Waals surface area contributed by atoms with Crippen molar-refractivity contribution in [3.8, 4) is 5.75 Å². The molecule has 0 N–H and O–H groups in total. The average molecular weight is 229 g/mol. The van der Waals surface area contributed by atoms with Gasteiger partial charge < -0.3 is 4.74 Å². The Bertz CT molecular complexity index is 499. The summed E-state index contributed by atoms with van der Waals surface area (Å²) >= 11 is 0. The Morgan fingerprint density at radius 3 is 2.94 bits per heavy atom. The fraction of sp³-hybridized carbons (Fsp3) is 0.500. The van der Waals surface area contributed by atoms with Crippen molar-refractivity contribution in [3.05, 3.63) is 29.3 Å². The first-order valence-electron chi connectivity index (χ1n) is 6.13. The van der Waals surface area contributed by atoms with Crippen molar-refractivity contribution in [1.82, 2.24) is 0 Å². The fourth-order valence-corrected chi connectivity index (χ4v) is 2.84. The Labute approximate surface area is 101 Å². The molecule has 0 bridgehead atoms. The number of nitrogens with zero attached hydrogens (tertiary/aromatic N) is 1. The fourth-order valence-electron chi connectivity index (χ4n) is 2.84. The predicted molar refractivity (Wildman–Crippen MR) is 63.9 cm³/mol. The molecule has 1 aromatic rings. The summed E-state index contributed by atoms with van der Waals surface area (Å²) in [5.41, 5.74) is 1.97. The third kappa shape index (κ3) is 1.50. The zero-order valence-corrected chi connectivity index (χ0v) is 9.90. The molecule has 3 heteroatoms. The number of isocyanates is 1. The lowest BCUT2D eigenvalue weighted by atomic mass is 9.71. The molecule has 1 saturated carbocycles. The molecule has 2 aliphatic rings. The molecule has 88 valence electrons. The van der Waals surface area contributed by atoms with E-state index in [0.717, 1.165) is 37.0 Å². The standard InChI is InChI=1S/C14H15NO2/c1-10-8-11-4-2-5-12(13(11)17-10)14(15-9-16)6-3-7-14/h2,4-5,10H,3,6-8H2,1H3. The minimum atomic E-state index is -0.350. The van der Waals surface area contributed by atoms with E-state index in [1.54, 1.807) is 6.08 Å². The smallest absolute Gasteiger partial charge is 0.235 e. The predicted octanol–water partition coefficient (Wildman–Crippen LogP) is 2.73. The molecule has 0 amide bonds. The molecular weight excluding hydrogens is 214 g/mol. The van der Waals surface area contributed by atoms with E-state index in [-0.39, 0.29) is 11.6 Å². The van der Waals surface area contributed by atoms with Crippen LogP contribution in [0.5, 0.6) is 5.75 Å². The Balaban J connectivity index is 2.10. The number of hydrogen-bond donors (Lipinski definition) is 0. The number of carbonyl (C=O) groups excluding carboxylic acids is 1. The number of fused-ring (bicyclic) bond motifs is 1. The summed E-state index contributed by atoms with van der Waals surface area (Å²) in [6, 6.07) is 6.17. The normalized spacial score (nSPS) is 24.2. The van der Waals surface area contributed by atoms with Gasteiger partial charge in [-0.15, -0.1) is 0 Å². The van der Waals surface area contributed by atoms with Crippen LogP contribution in [0, 0.1) is 0 Å². The molecule has 0 radical (unpaired) electrons. The minimum absolute atomic E-state index is 0.225. The van der Waals surface area contributed by atoms with Crippen LogP contribution in [0.1, 0.15) is 37.3 Å². The molecule has 3 nitrogen and oxygen atoms in total. The van der Waals surface area contributed by atoms with Crippen LogP contribution >= 0.6 is 0 Å². The first kappa shape index (κ1) is 10.5. The molecule has 1 aliphatic heterocycles. The highest BCUT2D eigenvalue weighted by Gasteiger charge is 2.42. The van der Waals surface area contributed by atoms with Gasteiger partial charge in [0.15, 0.2) is 0 Å². The monoisotopic (exact) mass is 229 g/mol. The van der Waals surface area contributed by atoms with Gasteiger partial charge in [0.2, 0.25) is 6.08 Å². The highest BCUT2D eigenvalue weighted by atomic mass is 16.5. The Kier molecular flexibility index (Phi) is 2.30. The van der Waals surface area contributed by atoms with E-state index in [9.17, 15) is 4.79 Å². The zero-order valence-electron chi connectivity index (χ0n) is 9.90. The summed E-state index contributed by atoms with van der Waals surface area (Å²) < 4.78 is 5.88. The lowest BCUT2D eigenvalue weighted by molar-refractivity contribution is 0.221. The van der Waals surface area contributed by atoms with Gasteiger partial charge in [0, 0.05) is 12.0 Å². The number of hydrogen-bond acceptors (Lipinski definition) is 3. The molecular formula is C14H15NO2. The van der Waals surface area contributed by atoms with Crippen molar-refractivity contribution in [2.24, 2.45) is 4.99 Å². The third-order valence-corrected chi connectivity index (χ3v) is 3.86. The van der Waals surface area contributed by atoms with Crippen molar-refractivity contribution in [3.63, 3.8) is 0 Å². The van der Waals surface area contributed by atoms with Crippen molar-refractivity contribution in [1.29, 1.82) is 0 Å². The summed E-state index contributed by atoms with van der Waals surface area (Å²) in [7, 11) is 0. The second-order valence-electron chi connectivity index (χ2n) is 5.01. The lowest BCUT2D eigenvalue weighted by Gasteiger charge is -2.37. The SMILES string of the molecule is CC1Cc2cccc(C3(N=C=O)CCC3)c2O1. The molecule has 1 aromatic carbocycles. The van der Waals surface area contributed by atoms with Gasteiger partial charge in [0.25, 0.3) is 0 Å². The van der Waals surface area contributed by atoms with Gasteiger partial charge >= 0.3 is 0 Å². The average Bonchev–Trinajstić information content (AvgIpc) is 2.63. The molecule has 1 unspecified atom stereocenters. The second-order valence-corrected chi connectivity index (χ2v) is 5.01. The lowest BCUT2D eigenvalue weighted by Crippen LogP contribution is -2.32. The Morgan fingerprint density at radius 1 is 1.47 bits per heavy atom. The van der Waals surface area contributed by atoms with Gasteiger partial charge in [0.1, 0.15) is 17.4 Å². The second kappa shape index (κ2) is 3.71. The van der Waals surface area contributed by atoms with Crippen LogP contribution in [0.3, 0.4) is 0 Å². The molecule has 17 heavy (non-hydrogen) atoms. The number of rotatable bonds is 2. The van der Waals surface area contributed by atoms with Crippen LogP contribution in [0.4, 0.5) is 0 Å². The molecule has 0 saturated heterocycles. The molecule has 1 atom stereocenters. The van der Waals surface area contributed by atoms with E-state index < -0.39 is 0 Å². The topological polar surface area (TPSA) is 38.7 Å². The van der Waals surface area contributed by atoms with Crippen molar-refractivity contribution in [2.45, 2.75) is 44.2 Å². The van der Waals surface area contributed by atoms with Gasteiger partial charge in [-0.2, -0.15) is 4.99 Å². The molecule has 1 aliphatic carbocycles. The molecule has 0 spiro atoms. The third-order valence-electron chi connectivity index (χ3n) is 3.86. The van der Waals surface area contributed by atoms with E-state index in [2.05, 4.69) is 18.0 Å². The zero-order chi connectivity index (χ0) is 11.9. The maximum absolute atomic E-state index is 10.6. The quantitative estimate of drug-likeness (QED) is 0.577. The van der Waals surface area contributed by atoms with E-state index in [4.69, 9.17) is 4.74 Å². The van der Waals surface area contributed by atoms with Crippen molar-refractivity contribution >= 4 is 6.08 Å². The van der Waals surface area contributed by atoms with E-state index in [0.29, 0.717) is 0 Å². The highest BCUT2D eigenvalue weighted by molar-refractivity contribution is 5.51. The van der Waals surface area contributed by atoms with Gasteiger partial charge in [-0.3, -0.25) is 0 Å². The maximum Gasteiger partial charge on any atom is 0.235 e. The van der Waals surface area contributed by atoms with E-state index in [1.807, 2.05) is 12.1 Å². The maximum atomic E-state index is 10.6. The van der Waals surface area contributed by atoms with Crippen molar-refractivity contribution in [2.75, 3.05) is 0 Å². The first-order chi connectivity index (χ1) is 8.25. The summed E-state index contributed by atoms with van der Waals surface area (Å²) in [6.07, 6.45) is 5.87. The van der Waals surface area contributed by atoms with Crippen LogP contribution in [0.25, 0.3) is 0 Å². The van der Waals surface area contributed by atoms with Gasteiger partial charge in [-0.05, 0) is 31.7 Å². The van der Waals surface area contributed by atoms with Gasteiger partial charge in [-0.25, -0.2) is 4.79 Å². The number of benzene rings is 1. The number of para-hydroxylation sites is 1. The molecule has 3 rings (SSSR count). The number of aliphatic imine (C=N–C) groups is 1. The largest absolute Gasteiger partial charge is 0.490 e. The van der Waals surface area contributed by atoms with E-state index >= 15 is 0 Å². The van der Waals surface area contributed by atoms with Crippen LogP contribution in [0.2, 0.25) is 0 Å².